The molecule has 198 valence electrons. The molecule has 0 saturated heterocycles. The summed E-state index contributed by atoms with van der Waals surface area (Å²) < 4.78 is 65.0. The fourth-order valence-electron chi connectivity index (χ4n) is 5.50. The highest BCUT2D eigenvalue weighted by Crippen LogP contribution is 2.40. The summed E-state index contributed by atoms with van der Waals surface area (Å²) in [5, 5.41) is 0. The van der Waals surface area contributed by atoms with Crippen molar-refractivity contribution in [3.8, 4) is 28.0 Å². The summed E-state index contributed by atoms with van der Waals surface area (Å²) in [7, 11) is 0. The van der Waals surface area contributed by atoms with Gasteiger partial charge in [0.2, 0.25) is 5.82 Å². The molecule has 1 nitrogen and oxygen atoms in total. The van der Waals surface area contributed by atoms with Crippen LogP contribution in [0.4, 0.5) is 17.6 Å². The van der Waals surface area contributed by atoms with E-state index in [0.29, 0.717) is 29.2 Å². The van der Waals surface area contributed by atoms with Crippen LogP contribution in [0.3, 0.4) is 0 Å². The molecule has 5 heteroatoms. The van der Waals surface area contributed by atoms with E-state index in [9.17, 15) is 8.78 Å². The molecule has 0 atom stereocenters. The van der Waals surface area contributed by atoms with E-state index in [2.05, 4.69) is 13.8 Å². The summed E-state index contributed by atoms with van der Waals surface area (Å²) >= 11 is 0. The molecule has 0 bridgehead atoms. The van der Waals surface area contributed by atoms with Crippen LogP contribution in [-0.4, -0.2) is 6.61 Å². The predicted octanol–water partition coefficient (Wildman–Crippen LogP) is 10.2. The number of halogens is 4. The van der Waals surface area contributed by atoms with Gasteiger partial charge in [-0.1, -0.05) is 75.9 Å². The van der Waals surface area contributed by atoms with Gasteiger partial charge in [-0.3, -0.25) is 0 Å². The molecular formula is C32H36F4O. The van der Waals surface area contributed by atoms with Crippen molar-refractivity contribution in [2.45, 2.75) is 77.6 Å². The molecule has 0 radical (unpaired) electrons. The Labute approximate surface area is 217 Å². The quantitative estimate of drug-likeness (QED) is 0.194. The molecule has 4 rings (SSSR count). The number of hydrogen-bond donors (Lipinski definition) is 0. The van der Waals surface area contributed by atoms with Crippen molar-refractivity contribution < 1.29 is 22.3 Å². The first-order chi connectivity index (χ1) is 17.9. The molecule has 0 amide bonds. The Kier molecular flexibility index (Phi) is 9.28. The largest absolute Gasteiger partial charge is 0.490 e. The molecule has 0 aliphatic heterocycles. The van der Waals surface area contributed by atoms with E-state index in [4.69, 9.17) is 4.74 Å². The lowest BCUT2D eigenvalue weighted by Crippen LogP contribution is -2.14. The standard InChI is InChI=1S/C32H36F4O/c1-3-5-6-20-37-28-19-18-27(31(35)32(28)36)24-14-12-23(13-15-24)26-17-16-25(29(33)30(26)34)22-10-8-21(7-4-2)9-11-22/h12-19,21-22H,3-11,20H2,1-2H3. The van der Waals surface area contributed by atoms with Crippen molar-refractivity contribution in [1.82, 2.24) is 0 Å². The van der Waals surface area contributed by atoms with Crippen molar-refractivity contribution in [2.75, 3.05) is 6.61 Å². The van der Waals surface area contributed by atoms with E-state index in [0.717, 1.165) is 51.4 Å². The van der Waals surface area contributed by atoms with Crippen LogP contribution in [0.15, 0.2) is 48.5 Å². The van der Waals surface area contributed by atoms with Crippen molar-refractivity contribution in [3.05, 3.63) is 77.4 Å². The molecule has 0 N–H and O–H groups in total. The Balaban J connectivity index is 1.50. The summed E-state index contributed by atoms with van der Waals surface area (Å²) in [4.78, 5) is 0. The highest BCUT2D eigenvalue weighted by Gasteiger charge is 2.26. The van der Waals surface area contributed by atoms with Gasteiger partial charge in [-0.05, 0) is 72.8 Å². The molecular weight excluding hydrogens is 476 g/mol. The molecule has 3 aromatic carbocycles. The monoisotopic (exact) mass is 512 g/mol. The van der Waals surface area contributed by atoms with Gasteiger partial charge in [-0.2, -0.15) is 4.39 Å². The molecule has 1 aliphatic rings. The summed E-state index contributed by atoms with van der Waals surface area (Å²) in [6.45, 7) is 4.57. The highest BCUT2D eigenvalue weighted by molar-refractivity contribution is 5.71. The number of rotatable bonds is 10. The van der Waals surface area contributed by atoms with Gasteiger partial charge in [-0.25, -0.2) is 13.2 Å². The number of unbranched alkanes of at least 4 members (excludes halogenated alkanes) is 2. The van der Waals surface area contributed by atoms with Gasteiger partial charge in [0, 0.05) is 11.1 Å². The molecule has 1 saturated carbocycles. The summed E-state index contributed by atoms with van der Waals surface area (Å²) in [5.41, 5.74) is 1.64. The molecule has 0 aromatic heterocycles. The normalized spacial score (nSPS) is 17.7. The average molecular weight is 513 g/mol. The Morgan fingerprint density at radius 3 is 1.84 bits per heavy atom. The van der Waals surface area contributed by atoms with Gasteiger partial charge in [0.1, 0.15) is 0 Å². The van der Waals surface area contributed by atoms with E-state index in [1.807, 2.05) is 0 Å². The molecule has 0 heterocycles. The van der Waals surface area contributed by atoms with Crippen LogP contribution in [0.1, 0.15) is 83.1 Å². The minimum atomic E-state index is -1.02. The fraction of sp³-hybridized carbons (Fsp3) is 0.438. The van der Waals surface area contributed by atoms with E-state index in [1.54, 1.807) is 36.4 Å². The third-order valence-electron chi connectivity index (χ3n) is 7.65. The average Bonchev–Trinajstić information content (AvgIpc) is 2.91. The van der Waals surface area contributed by atoms with Crippen molar-refractivity contribution in [3.63, 3.8) is 0 Å². The Hall–Kier alpha value is -2.82. The summed E-state index contributed by atoms with van der Waals surface area (Å²) in [6.07, 6.45) is 9.01. The zero-order valence-electron chi connectivity index (χ0n) is 21.8. The maximum atomic E-state index is 15.1. The molecule has 1 fully saturated rings. The van der Waals surface area contributed by atoms with Crippen LogP contribution in [-0.2, 0) is 0 Å². The zero-order chi connectivity index (χ0) is 26.4. The third kappa shape index (κ3) is 6.19. The van der Waals surface area contributed by atoms with Crippen molar-refractivity contribution in [2.24, 2.45) is 5.92 Å². The van der Waals surface area contributed by atoms with Gasteiger partial charge < -0.3 is 4.74 Å². The highest BCUT2D eigenvalue weighted by atomic mass is 19.2. The lowest BCUT2D eigenvalue weighted by molar-refractivity contribution is 0.286. The van der Waals surface area contributed by atoms with Gasteiger partial charge in [0.15, 0.2) is 23.2 Å². The Morgan fingerprint density at radius 1 is 0.649 bits per heavy atom. The van der Waals surface area contributed by atoms with Crippen molar-refractivity contribution >= 4 is 0 Å². The molecule has 1 aliphatic carbocycles. The van der Waals surface area contributed by atoms with Gasteiger partial charge in [0.05, 0.1) is 6.61 Å². The van der Waals surface area contributed by atoms with Crippen LogP contribution >= 0.6 is 0 Å². The second-order valence-electron chi connectivity index (χ2n) is 10.2. The topological polar surface area (TPSA) is 9.23 Å². The lowest BCUT2D eigenvalue weighted by Gasteiger charge is -2.29. The van der Waals surface area contributed by atoms with E-state index < -0.39 is 23.3 Å². The number of hydrogen-bond acceptors (Lipinski definition) is 1. The maximum absolute atomic E-state index is 15.1. The SMILES string of the molecule is CCCCCOc1ccc(-c2ccc(-c3ccc(C4CCC(CCC)CC4)c(F)c3F)cc2)c(F)c1F. The lowest BCUT2D eigenvalue weighted by atomic mass is 9.77. The first kappa shape index (κ1) is 27.2. The molecule has 0 unspecified atom stereocenters. The summed E-state index contributed by atoms with van der Waals surface area (Å²) in [6, 6.07) is 12.6. The summed E-state index contributed by atoms with van der Waals surface area (Å²) in [5.74, 6) is -3.01. The van der Waals surface area contributed by atoms with Crippen LogP contribution in [0, 0.1) is 29.2 Å². The second-order valence-corrected chi connectivity index (χ2v) is 10.2. The Bertz CT molecular complexity index is 1180. The third-order valence-corrected chi connectivity index (χ3v) is 7.65. The number of benzene rings is 3. The minimum Gasteiger partial charge on any atom is -0.490 e. The molecule has 3 aromatic rings. The molecule has 37 heavy (non-hydrogen) atoms. The van der Waals surface area contributed by atoms with E-state index in [1.165, 1.54) is 18.6 Å². The van der Waals surface area contributed by atoms with Crippen LogP contribution in [0.25, 0.3) is 22.3 Å². The second kappa shape index (κ2) is 12.6. The van der Waals surface area contributed by atoms with E-state index >= 15 is 8.78 Å². The first-order valence-electron chi connectivity index (χ1n) is 13.6. The smallest absolute Gasteiger partial charge is 0.201 e. The zero-order valence-corrected chi connectivity index (χ0v) is 21.8. The van der Waals surface area contributed by atoms with E-state index in [-0.39, 0.29) is 22.8 Å². The minimum absolute atomic E-state index is 0.0514. The van der Waals surface area contributed by atoms with Crippen LogP contribution in [0.2, 0.25) is 0 Å². The van der Waals surface area contributed by atoms with Gasteiger partial charge in [-0.15, -0.1) is 0 Å². The number of ether oxygens (including phenoxy) is 1. The van der Waals surface area contributed by atoms with Gasteiger partial charge >= 0.3 is 0 Å². The maximum Gasteiger partial charge on any atom is 0.201 e. The van der Waals surface area contributed by atoms with Gasteiger partial charge in [0.25, 0.3) is 0 Å². The van der Waals surface area contributed by atoms with Crippen molar-refractivity contribution in [1.29, 1.82) is 0 Å². The first-order valence-corrected chi connectivity index (χ1v) is 13.6. The Morgan fingerprint density at radius 2 is 1.24 bits per heavy atom. The van der Waals surface area contributed by atoms with Crippen LogP contribution in [0.5, 0.6) is 5.75 Å². The van der Waals surface area contributed by atoms with Crippen LogP contribution < -0.4 is 4.74 Å². The fourth-order valence-corrected chi connectivity index (χ4v) is 5.50. The molecule has 0 spiro atoms. The predicted molar refractivity (Wildman–Crippen MR) is 142 cm³/mol.